The monoisotopic (exact) mass is 214 g/mol. The van der Waals surface area contributed by atoms with Gasteiger partial charge in [0.25, 0.3) is 0 Å². The summed E-state index contributed by atoms with van der Waals surface area (Å²) in [6.07, 6.45) is 8.82. The van der Waals surface area contributed by atoms with Crippen molar-refractivity contribution in [2.45, 2.75) is 44.9 Å². The number of hydrogen-bond donors (Lipinski definition) is 1. The summed E-state index contributed by atoms with van der Waals surface area (Å²) in [7, 11) is 0. The van der Waals surface area contributed by atoms with E-state index in [1.807, 2.05) is 0 Å². The van der Waals surface area contributed by atoms with Crippen molar-refractivity contribution in [1.82, 2.24) is 0 Å². The highest BCUT2D eigenvalue weighted by Crippen LogP contribution is 2.06. The highest BCUT2D eigenvalue weighted by Gasteiger charge is 1.95. The van der Waals surface area contributed by atoms with Gasteiger partial charge < -0.3 is 9.84 Å². The van der Waals surface area contributed by atoms with Gasteiger partial charge in [0.2, 0.25) is 0 Å². The zero-order valence-corrected chi connectivity index (χ0v) is 9.41. The molecule has 0 radical (unpaired) electrons. The number of aliphatic hydroxyl groups excluding tert-OH is 1. The van der Waals surface area contributed by atoms with Crippen LogP contribution >= 0.6 is 0 Å². The molecule has 3 nitrogen and oxygen atoms in total. The van der Waals surface area contributed by atoms with Crippen LogP contribution in [0.1, 0.15) is 44.9 Å². The molecule has 0 aromatic carbocycles. The van der Waals surface area contributed by atoms with Gasteiger partial charge in [-0.3, -0.25) is 0 Å². The zero-order chi connectivity index (χ0) is 11.4. The minimum atomic E-state index is -0.335. The first-order valence-corrected chi connectivity index (χ1v) is 5.71. The van der Waals surface area contributed by atoms with Crippen LogP contribution in [0.25, 0.3) is 0 Å². The molecule has 0 bridgehead atoms. The Hall–Kier alpha value is -0.830. The van der Waals surface area contributed by atoms with E-state index < -0.39 is 0 Å². The van der Waals surface area contributed by atoms with Gasteiger partial charge in [0.05, 0.1) is 6.61 Å². The molecule has 0 spiro atoms. The summed E-state index contributed by atoms with van der Waals surface area (Å²) in [5, 5.41) is 8.56. The lowest BCUT2D eigenvalue weighted by atomic mass is 10.1. The van der Waals surface area contributed by atoms with Crippen molar-refractivity contribution < 1.29 is 14.6 Å². The SMILES string of the molecule is C=CC(=O)OCCCCCCCCCO. The van der Waals surface area contributed by atoms with Gasteiger partial charge in [-0.15, -0.1) is 0 Å². The minimum Gasteiger partial charge on any atom is -0.463 e. The lowest BCUT2D eigenvalue weighted by Gasteiger charge is -2.02. The van der Waals surface area contributed by atoms with Gasteiger partial charge in [0, 0.05) is 12.7 Å². The predicted molar refractivity (Wildman–Crippen MR) is 60.6 cm³/mol. The van der Waals surface area contributed by atoms with Crippen molar-refractivity contribution in [3.05, 3.63) is 12.7 Å². The van der Waals surface area contributed by atoms with Crippen LogP contribution in [-0.4, -0.2) is 24.3 Å². The van der Waals surface area contributed by atoms with Crippen LogP contribution in [-0.2, 0) is 9.53 Å². The Labute approximate surface area is 92.1 Å². The summed E-state index contributed by atoms with van der Waals surface area (Å²) in [5.74, 6) is -0.335. The van der Waals surface area contributed by atoms with E-state index in [1.54, 1.807) is 0 Å². The average Bonchev–Trinajstić information content (AvgIpc) is 2.26. The zero-order valence-electron chi connectivity index (χ0n) is 9.41. The van der Waals surface area contributed by atoms with E-state index in [9.17, 15) is 4.79 Å². The summed E-state index contributed by atoms with van der Waals surface area (Å²) < 4.78 is 4.85. The number of aliphatic hydroxyl groups is 1. The molecule has 1 N–H and O–H groups in total. The molecule has 0 heterocycles. The second-order valence-electron chi connectivity index (χ2n) is 3.57. The topological polar surface area (TPSA) is 46.5 Å². The lowest BCUT2D eigenvalue weighted by molar-refractivity contribution is -0.137. The molecule has 0 fully saturated rings. The van der Waals surface area contributed by atoms with Crippen molar-refractivity contribution in [2.24, 2.45) is 0 Å². The van der Waals surface area contributed by atoms with Gasteiger partial charge in [-0.25, -0.2) is 4.79 Å². The fraction of sp³-hybridized carbons (Fsp3) is 0.750. The molecule has 0 unspecified atom stereocenters. The van der Waals surface area contributed by atoms with Crippen molar-refractivity contribution >= 4 is 5.97 Å². The smallest absolute Gasteiger partial charge is 0.330 e. The summed E-state index contributed by atoms with van der Waals surface area (Å²) in [5.41, 5.74) is 0. The largest absolute Gasteiger partial charge is 0.463 e. The Balaban J connectivity index is 2.98. The quantitative estimate of drug-likeness (QED) is 0.345. The van der Waals surface area contributed by atoms with Crippen molar-refractivity contribution in [2.75, 3.05) is 13.2 Å². The summed E-state index contributed by atoms with van der Waals surface area (Å²) in [6, 6.07) is 0. The number of carbonyl (C=O) groups is 1. The number of hydrogen-bond acceptors (Lipinski definition) is 3. The van der Waals surface area contributed by atoms with Gasteiger partial charge in [0.1, 0.15) is 0 Å². The van der Waals surface area contributed by atoms with Crippen LogP contribution in [0.5, 0.6) is 0 Å². The molecular formula is C12H22O3. The maximum absolute atomic E-state index is 10.7. The standard InChI is InChI=1S/C12H22O3/c1-2-12(14)15-11-9-7-5-3-4-6-8-10-13/h2,13H,1,3-11H2. The molecule has 0 aliphatic heterocycles. The summed E-state index contributed by atoms with van der Waals surface area (Å²) >= 11 is 0. The van der Waals surface area contributed by atoms with Gasteiger partial charge in [-0.05, 0) is 12.8 Å². The molecule has 0 aromatic rings. The number of unbranched alkanes of at least 4 members (excludes halogenated alkanes) is 6. The van der Waals surface area contributed by atoms with Crippen LogP contribution in [0.3, 0.4) is 0 Å². The highest BCUT2D eigenvalue weighted by molar-refractivity contribution is 5.81. The molecule has 0 atom stereocenters. The van der Waals surface area contributed by atoms with E-state index in [2.05, 4.69) is 6.58 Å². The third-order valence-corrected chi connectivity index (χ3v) is 2.21. The van der Waals surface area contributed by atoms with E-state index in [-0.39, 0.29) is 5.97 Å². The first kappa shape index (κ1) is 14.2. The first-order valence-electron chi connectivity index (χ1n) is 5.71. The van der Waals surface area contributed by atoms with Crippen molar-refractivity contribution in [3.8, 4) is 0 Å². The molecule has 0 saturated carbocycles. The molecular weight excluding hydrogens is 192 g/mol. The number of carbonyl (C=O) groups excluding carboxylic acids is 1. The van der Waals surface area contributed by atoms with Crippen LogP contribution in [0.15, 0.2) is 12.7 Å². The second kappa shape index (κ2) is 11.2. The molecule has 0 aromatic heterocycles. The normalized spacial score (nSPS) is 9.93. The van der Waals surface area contributed by atoms with Gasteiger partial charge >= 0.3 is 5.97 Å². The molecule has 0 aliphatic rings. The molecule has 0 amide bonds. The second-order valence-corrected chi connectivity index (χ2v) is 3.57. The molecule has 0 aliphatic carbocycles. The number of rotatable bonds is 10. The molecule has 15 heavy (non-hydrogen) atoms. The number of ether oxygens (including phenoxy) is 1. The Morgan fingerprint density at radius 3 is 2.13 bits per heavy atom. The third-order valence-electron chi connectivity index (χ3n) is 2.21. The van der Waals surface area contributed by atoms with E-state index >= 15 is 0 Å². The maximum atomic E-state index is 10.7. The van der Waals surface area contributed by atoms with Crippen molar-refractivity contribution in [3.63, 3.8) is 0 Å². The Morgan fingerprint density at radius 2 is 1.60 bits per heavy atom. The van der Waals surface area contributed by atoms with E-state index in [1.165, 1.54) is 25.3 Å². The van der Waals surface area contributed by atoms with E-state index in [0.717, 1.165) is 25.7 Å². The Bertz CT molecular complexity index is 166. The maximum Gasteiger partial charge on any atom is 0.330 e. The van der Waals surface area contributed by atoms with Crippen LogP contribution in [0.2, 0.25) is 0 Å². The molecule has 0 rings (SSSR count). The van der Waals surface area contributed by atoms with Gasteiger partial charge in [0.15, 0.2) is 0 Å². The van der Waals surface area contributed by atoms with E-state index in [4.69, 9.17) is 9.84 Å². The van der Waals surface area contributed by atoms with Crippen LogP contribution < -0.4 is 0 Å². The number of esters is 1. The van der Waals surface area contributed by atoms with Gasteiger partial charge in [-0.1, -0.05) is 38.7 Å². The lowest BCUT2D eigenvalue weighted by Crippen LogP contribution is -2.01. The summed E-state index contributed by atoms with van der Waals surface area (Å²) in [4.78, 5) is 10.7. The molecule has 0 saturated heterocycles. The highest BCUT2D eigenvalue weighted by atomic mass is 16.5. The predicted octanol–water partition coefficient (Wildman–Crippen LogP) is 2.44. The van der Waals surface area contributed by atoms with Crippen LogP contribution in [0.4, 0.5) is 0 Å². The van der Waals surface area contributed by atoms with Gasteiger partial charge in [-0.2, -0.15) is 0 Å². The fourth-order valence-corrected chi connectivity index (χ4v) is 1.33. The fourth-order valence-electron chi connectivity index (χ4n) is 1.33. The molecule has 3 heteroatoms. The third kappa shape index (κ3) is 11.1. The Morgan fingerprint density at radius 1 is 1.07 bits per heavy atom. The summed E-state index contributed by atoms with van der Waals surface area (Å²) in [6.45, 7) is 4.13. The minimum absolute atomic E-state index is 0.303. The first-order chi connectivity index (χ1) is 7.31. The average molecular weight is 214 g/mol. The Kier molecular flexibility index (Phi) is 10.6. The van der Waals surface area contributed by atoms with E-state index in [0.29, 0.717) is 13.2 Å². The van der Waals surface area contributed by atoms with Crippen LogP contribution in [0, 0.1) is 0 Å². The van der Waals surface area contributed by atoms with Crippen molar-refractivity contribution in [1.29, 1.82) is 0 Å². The molecule has 88 valence electrons.